The third kappa shape index (κ3) is 3.29. The van der Waals surface area contributed by atoms with E-state index in [1.165, 1.54) is 6.07 Å². The summed E-state index contributed by atoms with van der Waals surface area (Å²) in [5.41, 5.74) is -3.49. The fourth-order valence-corrected chi connectivity index (χ4v) is 4.17. The van der Waals surface area contributed by atoms with Crippen molar-refractivity contribution >= 4 is 25.8 Å². The van der Waals surface area contributed by atoms with Gasteiger partial charge in [0, 0.05) is 4.47 Å². The number of alkyl halides is 3. The number of hydrogen-bond acceptors (Lipinski definition) is 3. The molecule has 2 aromatic rings. The Kier molecular flexibility index (Phi) is 4.62. The van der Waals surface area contributed by atoms with Gasteiger partial charge < -0.3 is 5.11 Å². The van der Waals surface area contributed by atoms with E-state index in [9.17, 15) is 26.7 Å². The van der Waals surface area contributed by atoms with Crippen molar-refractivity contribution < 1.29 is 26.7 Å². The van der Waals surface area contributed by atoms with Gasteiger partial charge in [0.1, 0.15) is 0 Å². The summed E-state index contributed by atoms with van der Waals surface area (Å²) in [5, 5.41) is 9.60. The van der Waals surface area contributed by atoms with E-state index >= 15 is 0 Å². The van der Waals surface area contributed by atoms with Gasteiger partial charge in [0.05, 0.1) is 9.79 Å². The minimum Gasteiger partial charge on any atom is -0.376 e. The Morgan fingerprint density at radius 1 is 1.00 bits per heavy atom. The maximum atomic E-state index is 12.8. The molecule has 0 aromatic heterocycles. The zero-order valence-corrected chi connectivity index (χ0v) is 14.2. The Morgan fingerprint density at radius 3 is 2.00 bits per heavy atom. The molecule has 2 aromatic carbocycles. The smallest absolute Gasteiger partial charge is 0.376 e. The molecule has 23 heavy (non-hydrogen) atoms. The predicted octanol–water partition coefficient (Wildman–Crippen LogP) is 4.05. The van der Waals surface area contributed by atoms with Crippen LogP contribution in [0.1, 0.15) is 12.5 Å². The Hall–Kier alpha value is -1.38. The second-order valence-corrected chi connectivity index (χ2v) is 7.80. The summed E-state index contributed by atoms with van der Waals surface area (Å²) in [6.07, 6.45) is -4.87. The van der Waals surface area contributed by atoms with Crippen LogP contribution < -0.4 is 0 Å². The lowest BCUT2D eigenvalue weighted by Gasteiger charge is -2.26. The highest BCUT2D eigenvalue weighted by Crippen LogP contribution is 2.39. The van der Waals surface area contributed by atoms with Gasteiger partial charge in [0.2, 0.25) is 9.84 Å². The van der Waals surface area contributed by atoms with Gasteiger partial charge in [0.15, 0.2) is 5.60 Å². The van der Waals surface area contributed by atoms with E-state index < -0.39 is 27.2 Å². The minimum atomic E-state index is -4.87. The van der Waals surface area contributed by atoms with Gasteiger partial charge in [0.25, 0.3) is 0 Å². The lowest BCUT2D eigenvalue weighted by Crippen LogP contribution is -2.39. The third-order valence-electron chi connectivity index (χ3n) is 3.40. The first-order valence-electron chi connectivity index (χ1n) is 6.37. The van der Waals surface area contributed by atoms with Gasteiger partial charge in [-0.2, -0.15) is 13.2 Å². The van der Waals surface area contributed by atoms with E-state index in [-0.39, 0.29) is 9.79 Å². The van der Waals surface area contributed by atoms with Crippen molar-refractivity contribution in [1.82, 2.24) is 0 Å². The molecule has 0 aliphatic heterocycles. The molecule has 2 rings (SSSR count). The molecule has 0 aliphatic rings. The predicted molar refractivity (Wildman–Crippen MR) is 81.7 cm³/mol. The fraction of sp³-hybridized carbons (Fsp3) is 0.200. The Labute approximate surface area is 139 Å². The van der Waals surface area contributed by atoms with Crippen LogP contribution in [0.4, 0.5) is 13.2 Å². The maximum absolute atomic E-state index is 12.8. The van der Waals surface area contributed by atoms with Gasteiger partial charge in [-0.25, -0.2) is 8.42 Å². The topological polar surface area (TPSA) is 54.4 Å². The first-order valence-corrected chi connectivity index (χ1v) is 8.65. The van der Waals surface area contributed by atoms with Crippen LogP contribution in [0.25, 0.3) is 0 Å². The van der Waals surface area contributed by atoms with Crippen molar-refractivity contribution in [2.75, 3.05) is 0 Å². The molecular weight excluding hydrogens is 397 g/mol. The van der Waals surface area contributed by atoms with E-state index in [1.54, 1.807) is 18.2 Å². The normalized spacial score (nSPS) is 15.2. The number of hydrogen-bond donors (Lipinski definition) is 1. The summed E-state index contributed by atoms with van der Waals surface area (Å²) >= 11 is 3.13. The molecule has 0 saturated carbocycles. The molecule has 0 spiro atoms. The molecule has 0 aliphatic carbocycles. The second-order valence-electron chi connectivity index (χ2n) is 5.03. The van der Waals surface area contributed by atoms with Gasteiger partial charge in [-0.05, 0) is 52.7 Å². The molecule has 0 fully saturated rings. The minimum absolute atomic E-state index is 0.00957. The van der Waals surface area contributed by atoms with E-state index in [2.05, 4.69) is 15.9 Å². The summed E-state index contributed by atoms with van der Waals surface area (Å²) in [6, 6.07) is 10.1. The van der Waals surface area contributed by atoms with Gasteiger partial charge in [-0.15, -0.1) is 0 Å². The number of sulfone groups is 1. The van der Waals surface area contributed by atoms with Crippen molar-refractivity contribution in [3.8, 4) is 0 Å². The lowest BCUT2D eigenvalue weighted by molar-refractivity contribution is -0.258. The molecule has 124 valence electrons. The molecule has 1 unspecified atom stereocenters. The quantitative estimate of drug-likeness (QED) is 0.833. The number of aliphatic hydroxyl groups is 1. The molecule has 3 nitrogen and oxygen atoms in total. The van der Waals surface area contributed by atoms with Crippen LogP contribution in [-0.4, -0.2) is 19.7 Å². The molecule has 0 saturated heterocycles. The average molecular weight is 409 g/mol. The third-order valence-corrected chi connectivity index (χ3v) is 6.19. The van der Waals surface area contributed by atoms with E-state index in [4.69, 9.17) is 0 Å². The van der Waals surface area contributed by atoms with E-state index in [0.29, 0.717) is 11.4 Å². The monoisotopic (exact) mass is 408 g/mol. The number of rotatable bonds is 3. The van der Waals surface area contributed by atoms with Crippen LogP contribution in [0.2, 0.25) is 0 Å². The van der Waals surface area contributed by atoms with Crippen LogP contribution in [0.5, 0.6) is 0 Å². The fourth-order valence-electron chi connectivity index (χ4n) is 1.91. The van der Waals surface area contributed by atoms with Crippen molar-refractivity contribution in [3.05, 3.63) is 58.6 Å². The van der Waals surface area contributed by atoms with Crippen LogP contribution in [0.15, 0.2) is 62.8 Å². The van der Waals surface area contributed by atoms with Crippen molar-refractivity contribution in [1.29, 1.82) is 0 Å². The molecule has 0 amide bonds. The zero-order chi connectivity index (χ0) is 17.5. The number of halogens is 4. The summed E-state index contributed by atoms with van der Waals surface area (Å²) in [5.74, 6) is 0. The van der Waals surface area contributed by atoms with E-state index in [1.807, 2.05) is 0 Å². The van der Waals surface area contributed by atoms with Crippen LogP contribution in [-0.2, 0) is 15.4 Å². The molecule has 8 heteroatoms. The highest BCUT2D eigenvalue weighted by atomic mass is 79.9. The standard InChI is InChI=1S/C15H12BrF3O3S/c1-14(20,15(17,18)19)10-6-8-11(9-7-10)23(21,22)13-5-3-2-4-12(13)16/h2-9,20H,1H3. The maximum Gasteiger partial charge on any atom is 0.421 e. The Bertz CT molecular complexity index is 813. The molecule has 0 radical (unpaired) electrons. The lowest BCUT2D eigenvalue weighted by atomic mass is 9.96. The zero-order valence-electron chi connectivity index (χ0n) is 11.8. The van der Waals surface area contributed by atoms with Crippen molar-refractivity contribution in [3.63, 3.8) is 0 Å². The second kappa shape index (κ2) is 5.92. The van der Waals surface area contributed by atoms with E-state index in [0.717, 1.165) is 24.3 Å². The molecule has 0 bridgehead atoms. The van der Waals surface area contributed by atoms with Crippen molar-refractivity contribution in [2.24, 2.45) is 0 Å². The molecule has 0 heterocycles. The van der Waals surface area contributed by atoms with Crippen molar-refractivity contribution in [2.45, 2.75) is 28.5 Å². The molecule has 1 N–H and O–H groups in total. The van der Waals surface area contributed by atoms with Gasteiger partial charge in [-0.3, -0.25) is 0 Å². The molecule has 1 atom stereocenters. The van der Waals surface area contributed by atoms with Crippen LogP contribution in [0, 0.1) is 0 Å². The highest BCUT2D eigenvalue weighted by molar-refractivity contribution is 9.10. The summed E-state index contributed by atoms with van der Waals surface area (Å²) in [7, 11) is -3.88. The first-order chi connectivity index (χ1) is 10.5. The average Bonchev–Trinajstić information content (AvgIpc) is 2.46. The first kappa shape index (κ1) is 18.0. The van der Waals surface area contributed by atoms with Gasteiger partial charge >= 0.3 is 6.18 Å². The Balaban J connectivity index is 2.47. The summed E-state index contributed by atoms with van der Waals surface area (Å²) in [6.45, 7) is 0.615. The largest absolute Gasteiger partial charge is 0.421 e. The molecular formula is C15H12BrF3O3S. The summed E-state index contributed by atoms with van der Waals surface area (Å²) in [4.78, 5) is -0.151. The van der Waals surface area contributed by atoms with Gasteiger partial charge in [-0.1, -0.05) is 24.3 Å². The number of benzene rings is 2. The SMILES string of the molecule is CC(O)(c1ccc(S(=O)(=O)c2ccccc2Br)cc1)C(F)(F)F. The summed E-state index contributed by atoms with van der Waals surface area (Å²) < 4.78 is 63.7. The Morgan fingerprint density at radius 2 is 1.52 bits per heavy atom. The highest BCUT2D eigenvalue weighted by Gasteiger charge is 2.51. The van der Waals surface area contributed by atoms with Crippen LogP contribution >= 0.6 is 15.9 Å². The van der Waals surface area contributed by atoms with Crippen LogP contribution in [0.3, 0.4) is 0 Å².